The van der Waals surface area contributed by atoms with E-state index in [0.29, 0.717) is 16.3 Å². The molecule has 1 aromatic carbocycles. The number of amides is 1. The molecule has 0 fully saturated rings. The summed E-state index contributed by atoms with van der Waals surface area (Å²) in [6.07, 6.45) is 7.14. The van der Waals surface area contributed by atoms with E-state index in [1.807, 2.05) is 53.2 Å². The summed E-state index contributed by atoms with van der Waals surface area (Å²) in [4.78, 5) is 26.8. The van der Waals surface area contributed by atoms with Crippen molar-refractivity contribution in [2.45, 2.75) is 32.6 Å². The zero-order valence-corrected chi connectivity index (χ0v) is 20.5. The normalized spacial score (nSPS) is 13.2. The maximum absolute atomic E-state index is 13.0. The third-order valence-electron chi connectivity index (χ3n) is 5.42. The van der Waals surface area contributed by atoms with Gasteiger partial charge in [-0.1, -0.05) is 15.9 Å². The molecule has 0 saturated heterocycles. The van der Waals surface area contributed by atoms with Crippen molar-refractivity contribution in [2.75, 3.05) is 11.9 Å². The van der Waals surface area contributed by atoms with Crippen molar-refractivity contribution in [2.24, 2.45) is 0 Å². The topological polar surface area (TPSA) is 84.1 Å². The Balaban J connectivity index is 1.64. The quantitative estimate of drug-likeness (QED) is 0.247. The van der Waals surface area contributed by atoms with Crippen LogP contribution in [0.25, 0.3) is 11.8 Å². The van der Waals surface area contributed by atoms with Crippen LogP contribution in [-0.2, 0) is 22.4 Å². The molecule has 33 heavy (non-hydrogen) atoms. The highest BCUT2D eigenvalue weighted by atomic mass is 79.9. The number of fused-ring (bicyclic) bond motifs is 1. The van der Waals surface area contributed by atoms with Gasteiger partial charge in [-0.05, 0) is 80.6 Å². The van der Waals surface area contributed by atoms with Crippen molar-refractivity contribution < 1.29 is 14.3 Å². The van der Waals surface area contributed by atoms with Gasteiger partial charge < -0.3 is 14.6 Å². The molecule has 1 aliphatic carbocycles. The van der Waals surface area contributed by atoms with Gasteiger partial charge in [-0.2, -0.15) is 5.26 Å². The number of benzene rings is 1. The second-order valence-corrected chi connectivity index (χ2v) is 9.56. The van der Waals surface area contributed by atoms with Crippen LogP contribution in [0.5, 0.6) is 0 Å². The van der Waals surface area contributed by atoms with Crippen molar-refractivity contribution >= 4 is 50.2 Å². The second-order valence-electron chi connectivity index (χ2n) is 7.54. The molecule has 2 heterocycles. The molecule has 0 unspecified atom stereocenters. The minimum Gasteiger partial charge on any atom is -0.462 e. The highest BCUT2D eigenvalue weighted by Gasteiger charge is 2.27. The summed E-state index contributed by atoms with van der Waals surface area (Å²) in [6.45, 7) is 2.01. The number of carbonyl (C=O) groups is 2. The number of rotatable bonds is 6. The van der Waals surface area contributed by atoms with Crippen LogP contribution in [0.2, 0.25) is 0 Å². The summed E-state index contributed by atoms with van der Waals surface area (Å²) in [5.41, 5.74) is 2.95. The summed E-state index contributed by atoms with van der Waals surface area (Å²) in [5, 5.41) is 13.0. The van der Waals surface area contributed by atoms with E-state index in [2.05, 4.69) is 21.2 Å². The molecule has 6 nitrogen and oxygen atoms in total. The van der Waals surface area contributed by atoms with E-state index in [4.69, 9.17) is 4.74 Å². The highest BCUT2D eigenvalue weighted by Crippen LogP contribution is 2.38. The average Bonchev–Trinajstić information content (AvgIpc) is 3.42. The Bertz CT molecular complexity index is 1270. The predicted molar refractivity (Wildman–Crippen MR) is 133 cm³/mol. The van der Waals surface area contributed by atoms with E-state index in [-0.39, 0.29) is 12.2 Å². The molecule has 4 rings (SSSR count). The standard InChI is InChI=1S/C25H22BrN3O3S/c1-2-32-25(31)22-20-7-3-4-8-21(20)33-24(22)28-23(30)16(15-27)14-19-6-5-13-29(19)18-11-9-17(26)10-12-18/h5-6,9-14H,2-4,7-8H2,1H3,(H,28,30)/b16-14+. The fourth-order valence-corrected chi connectivity index (χ4v) is 5.43. The van der Waals surface area contributed by atoms with Gasteiger partial charge in [-0.25, -0.2) is 4.79 Å². The molecule has 0 aliphatic heterocycles. The number of nitriles is 1. The summed E-state index contributed by atoms with van der Waals surface area (Å²) >= 11 is 4.83. The molecule has 0 atom stereocenters. The van der Waals surface area contributed by atoms with E-state index >= 15 is 0 Å². The van der Waals surface area contributed by atoms with Gasteiger partial charge in [0.2, 0.25) is 0 Å². The maximum atomic E-state index is 13.0. The summed E-state index contributed by atoms with van der Waals surface area (Å²) in [7, 11) is 0. The minimum absolute atomic E-state index is 0.0479. The average molecular weight is 524 g/mol. The van der Waals surface area contributed by atoms with Gasteiger partial charge in [0.25, 0.3) is 5.91 Å². The molecule has 1 amide bonds. The number of nitrogens with zero attached hydrogens (tertiary/aromatic N) is 2. The van der Waals surface area contributed by atoms with Crippen molar-refractivity contribution in [3.05, 3.63) is 74.3 Å². The molecule has 0 radical (unpaired) electrons. The third-order valence-corrected chi connectivity index (χ3v) is 7.16. The molecule has 0 saturated carbocycles. The Morgan fingerprint density at radius 2 is 2.00 bits per heavy atom. The van der Waals surface area contributed by atoms with Crippen molar-refractivity contribution in [3.63, 3.8) is 0 Å². The van der Waals surface area contributed by atoms with Gasteiger partial charge in [-0.15, -0.1) is 11.3 Å². The molecule has 0 spiro atoms. The zero-order valence-electron chi connectivity index (χ0n) is 18.1. The SMILES string of the molecule is CCOC(=O)c1c(NC(=O)/C(C#N)=C/c2cccn2-c2ccc(Br)cc2)sc2c1CCCC2. The van der Waals surface area contributed by atoms with E-state index in [1.165, 1.54) is 11.3 Å². The lowest BCUT2D eigenvalue weighted by molar-refractivity contribution is -0.112. The number of aryl methyl sites for hydroxylation is 1. The molecule has 1 aliphatic rings. The van der Waals surface area contributed by atoms with Gasteiger partial charge >= 0.3 is 5.97 Å². The number of esters is 1. The van der Waals surface area contributed by atoms with Gasteiger partial charge in [0, 0.05) is 26.9 Å². The Hall–Kier alpha value is -3.15. The van der Waals surface area contributed by atoms with Gasteiger partial charge in [0.15, 0.2) is 0 Å². The number of hydrogen-bond acceptors (Lipinski definition) is 5. The van der Waals surface area contributed by atoms with Crippen molar-refractivity contribution in [3.8, 4) is 11.8 Å². The number of aromatic nitrogens is 1. The number of ether oxygens (including phenoxy) is 1. The largest absolute Gasteiger partial charge is 0.462 e. The molecule has 2 aromatic heterocycles. The molecule has 168 valence electrons. The molecule has 8 heteroatoms. The molecular weight excluding hydrogens is 502 g/mol. The fraction of sp³-hybridized carbons (Fsp3) is 0.240. The molecular formula is C25H22BrN3O3S. The van der Waals surface area contributed by atoms with Crippen LogP contribution in [0.15, 0.2) is 52.6 Å². The van der Waals surface area contributed by atoms with Gasteiger partial charge in [-0.3, -0.25) is 4.79 Å². The van der Waals surface area contributed by atoms with Crippen molar-refractivity contribution in [1.29, 1.82) is 5.26 Å². The van der Waals surface area contributed by atoms with E-state index in [9.17, 15) is 14.9 Å². The van der Waals surface area contributed by atoms with E-state index in [0.717, 1.165) is 46.3 Å². The monoisotopic (exact) mass is 523 g/mol. The van der Waals surface area contributed by atoms with Crippen molar-refractivity contribution in [1.82, 2.24) is 4.57 Å². The van der Waals surface area contributed by atoms with E-state index < -0.39 is 11.9 Å². The minimum atomic E-state index is -0.551. The van der Waals surface area contributed by atoms with Gasteiger partial charge in [0.05, 0.1) is 12.2 Å². The van der Waals surface area contributed by atoms with Crippen LogP contribution in [0, 0.1) is 11.3 Å². The number of halogens is 1. The summed E-state index contributed by atoms with van der Waals surface area (Å²) < 4.78 is 8.11. The first-order valence-electron chi connectivity index (χ1n) is 10.7. The van der Waals surface area contributed by atoms with Crippen LogP contribution in [0.4, 0.5) is 5.00 Å². The lowest BCUT2D eigenvalue weighted by Crippen LogP contribution is -2.17. The number of anilines is 1. The molecule has 0 bridgehead atoms. The van der Waals surface area contributed by atoms with Crippen LogP contribution in [0.3, 0.4) is 0 Å². The van der Waals surface area contributed by atoms with Crippen LogP contribution < -0.4 is 5.32 Å². The number of carbonyl (C=O) groups excluding carboxylic acids is 2. The lowest BCUT2D eigenvalue weighted by atomic mass is 9.95. The van der Waals surface area contributed by atoms with Crippen LogP contribution in [0.1, 0.15) is 46.3 Å². The highest BCUT2D eigenvalue weighted by molar-refractivity contribution is 9.10. The molecule has 3 aromatic rings. The Morgan fingerprint density at radius 1 is 1.24 bits per heavy atom. The molecule has 1 N–H and O–H groups in total. The summed E-state index contributed by atoms with van der Waals surface area (Å²) in [6, 6.07) is 13.4. The first-order chi connectivity index (χ1) is 16.0. The first kappa shape index (κ1) is 23.0. The van der Waals surface area contributed by atoms with Crippen LogP contribution in [-0.4, -0.2) is 23.1 Å². The number of hydrogen-bond donors (Lipinski definition) is 1. The Morgan fingerprint density at radius 3 is 2.73 bits per heavy atom. The van der Waals surface area contributed by atoms with Crippen LogP contribution >= 0.6 is 27.3 Å². The lowest BCUT2D eigenvalue weighted by Gasteiger charge is -2.12. The smallest absolute Gasteiger partial charge is 0.341 e. The Kier molecular flexibility index (Phi) is 7.11. The van der Waals surface area contributed by atoms with Gasteiger partial charge in [0.1, 0.15) is 16.6 Å². The first-order valence-corrected chi connectivity index (χ1v) is 12.3. The zero-order chi connectivity index (χ0) is 23.4. The summed E-state index contributed by atoms with van der Waals surface area (Å²) in [5.74, 6) is -0.982. The number of thiophene rings is 1. The third kappa shape index (κ3) is 4.95. The van der Waals surface area contributed by atoms with E-state index in [1.54, 1.807) is 13.0 Å². The maximum Gasteiger partial charge on any atom is 0.341 e. The second kappa shape index (κ2) is 10.2. The fourth-order valence-electron chi connectivity index (χ4n) is 3.89. The predicted octanol–water partition coefficient (Wildman–Crippen LogP) is 5.90. The number of nitrogens with one attached hydrogen (secondary N) is 1. The Labute approximate surface area is 204 Å².